The molecule has 0 bridgehead atoms. The Morgan fingerprint density at radius 1 is 1.32 bits per heavy atom. The molecule has 1 atom stereocenters. The lowest BCUT2D eigenvalue weighted by atomic mass is 10.1. The van der Waals surface area contributed by atoms with E-state index in [1.54, 1.807) is 0 Å². The molecular formula is C16H24ClNO. The highest BCUT2D eigenvalue weighted by molar-refractivity contribution is 6.30. The molecule has 1 unspecified atom stereocenters. The van der Waals surface area contributed by atoms with E-state index in [0.717, 1.165) is 36.6 Å². The van der Waals surface area contributed by atoms with Gasteiger partial charge in [0.05, 0.1) is 0 Å². The minimum atomic E-state index is 0.322. The van der Waals surface area contributed by atoms with Gasteiger partial charge in [0.25, 0.3) is 0 Å². The highest BCUT2D eigenvalue weighted by atomic mass is 35.5. The zero-order valence-electron chi connectivity index (χ0n) is 11.9. The minimum absolute atomic E-state index is 0.322. The van der Waals surface area contributed by atoms with Crippen LogP contribution in [0.4, 0.5) is 0 Å². The third kappa shape index (κ3) is 6.65. The lowest BCUT2D eigenvalue weighted by Crippen LogP contribution is -2.35. The molecule has 0 fully saturated rings. The lowest BCUT2D eigenvalue weighted by molar-refractivity contribution is 0.262. The maximum absolute atomic E-state index is 5.85. The molecule has 0 saturated heterocycles. The molecule has 1 aromatic rings. The second-order valence-electron chi connectivity index (χ2n) is 4.72. The standard InChI is InChI=1S/C16H24ClNO/c1-4-10-18-15(11-13(3)5-2)12-19-16-8-6-14(17)7-9-16/h6-9,15,18H,3-5,10-12H2,1-2H3. The average molecular weight is 282 g/mol. The Morgan fingerprint density at radius 2 is 2.00 bits per heavy atom. The molecular weight excluding hydrogens is 258 g/mol. The maximum Gasteiger partial charge on any atom is 0.119 e. The molecule has 0 heterocycles. The molecule has 19 heavy (non-hydrogen) atoms. The molecule has 3 heteroatoms. The van der Waals surface area contributed by atoms with Crippen LogP contribution >= 0.6 is 11.6 Å². The highest BCUT2D eigenvalue weighted by Crippen LogP contribution is 2.16. The van der Waals surface area contributed by atoms with Gasteiger partial charge < -0.3 is 10.1 Å². The van der Waals surface area contributed by atoms with Gasteiger partial charge in [-0.15, -0.1) is 0 Å². The Morgan fingerprint density at radius 3 is 2.58 bits per heavy atom. The van der Waals surface area contributed by atoms with Crippen molar-refractivity contribution in [2.45, 2.75) is 39.2 Å². The van der Waals surface area contributed by atoms with E-state index in [-0.39, 0.29) is 0 Å². The van der Waals surface area contributed by atoms with E-state index < -0.39 is 0 Å². The molecule has 0 radical (unpaired) electrons. The number of halogens is 1. The molecule has 0 aliphatic carbocycles. The predicted octanol–water partition coefficient (Wildman–Crippen LogP) is 4.44. The van der Waals surface area contributed by atoms with Crippen molar-refractivity contribution in [2.24, 2.45) is 0 Å². The van der Waals surface area contributed by atoms with Crippen molar-refractivity contribution in [1.29, 1.82) is 0 Å². The SMILES string of the molecule is C=C(CC)CC(COc1ccc(Cl)cc1)NCCC. The number of ether oxygens (including phenoxy) is 1. The Hall–Kier alpha value is -0.990. The Labute approximate surface area is 121 Å². The Bertz CT molecular complexity index is 375. The van der Waals surface area contributed by atoms with Gasteiger partial charge in [-0.3, -0.25) is 0 Å². The monoisotopic (exact) mass is 281 g/mol. The maximum atomic E-state index is 5.85. The summed E-state index contributed by atoms with van der Waals surface area (Å²) in [4.78, 5) is 0. The summed E-state index contributed by atoms with van der Waals surface area (Å²) < 4.78 is 5.80. The first-order valence-electron chi connectivity index (χ1n) is 6.94. The first-order chi connectivity index (χ1) is 9.15. The molecule has 106 valence electrons. The van der Waals surface area contributed by atoms with Gasteiger partial charge in [0.15, 0.2) is 0 Å². The van der Waals surface area contributed by atoms with Gasteiger partial charge in [-0.2, -0.15) is 0 Å². The number of rotatable bonds is 9. The zero-order valence-corrected chi connectivity index (χ0v) is 12.7. The van der Waals surface area contributed by atoms with Gasteiger partial charge in [0, 0.05) is 11.1 Å². The number of benzene rings is 1. The van der Waals surface area contributed by atoms with Gasteiger partial charge in [0.1, 0.15) is 12.4 Å². The summed E-state index contributed by atoms with van der Waals surface area (Å²) in [5.41, 5.74) is 1.26. The molecule has 0 aliphatic heterocycles. The van der Waals surface area contributed by atoms with Crippen LogP contribution in [0.15, 0.2) is 36.4 Å². The van der Waals surface area contributed by atoms with Crippen LogP contribution in [0, 0.1) is 0 Å². The fourth-order valence-electron chi connectivity index (χ4n) is 1.76. The summed E-state index contributed by atoms with van der Waals surface area (Å²) in [6.45, 7) is 10.0. The van der Waals surface area contributed by atoms with Crippen molar-refractivity contribution in [3.63, 3.8) is 0 Å². The second kappa shape index (κ2) is 9.00. The normalized spacial score (nSPS) is 12.2. The van der Waals surface area contributed by atoms with Crippen LogP contribution in [0.3, 0.4) is 0 Å². The van der Waals surface area contributed by atoms with E-state index in [4.69, 9.17) is 16.3 Å². The Kier molecular flexibility index (Phi) is 7.61. The number of nitrogens with one attached hydrogen (secondary N) is 1. The molecule has 0 saturated carbocycles. The third-order valence-electron chi connectivity index (χ3n) is 2.98. The van der Waals surface area contributed by atoms with Gasteiger partial charge >= 0.3 is 0 Å². The minimum Gasteiger partial charge on any atom is -0.492 e. The van der Waals surface area contributed by atoms with Crippen LogP contribution < -0.4 is 10.1 Å². The zero-order chi connectivity index (χ0) is 14.1. The number of hydrogen-bond acceptors (Lipinski definition) is 2. The fraction of sp³-hybridized carbons (Fsp3) is 0.500. The summed E-state index contributed by atoms with van der Waals surface area (Å²) in [6.07, 6.45) is 3.10. The topological polar surface area (TPSA) is 21.3 Å². The third-order valence-corrected chi connectivity index (χ3v) is 3.23. The fourth-order valence-corrected chi connectivity index (χ4v) is 1.88. The van der Waals surface area contributed by atoms with Crippen molar-refractivity contribution in [3.8, 4) is 5.75 Å². The smallest absolute Gasteiger partial charge is 0.119 e. The summed E-state index contributed by atoms with van der Waals surface area (Å²) in [7, 11) is 0. The van der Waals surface area contributed by atoms with Crippen LogP contribution in [0.1, 0.15) is 33.1 Å². The van der Waals surface area contributed by atoms with E-state index in [9.17, 15) is 0 Å². The molecule has 1 N–H and O–H groups in total. The lowest BCUT2D eigenvalue weighted by Gasteiger charge is -2.20. The molecule has 1 aromatic carbocycles. The van der Waals surface area contributed by atoms with Crippen molar-refractivity contribution < 1.29 is 4.74 Å². The van der Waals surface area contributed by atoms with E-state index in [0.29, 0.717) is 12.6 Å². The molecule has 1 rings (SSSR count). The summed E-state index contributed by atoms with van der Waals surface area (Å²) >= 11 is 5.85. The summed E-state index contributed by atoms with van der Waals surface area (Å²) in [6, 6.07) is 7.80. The molecule has 2 nitrogen and oxygen atoms in total. The van der Waals surface area contributed by atoms with Crippen LogP contribution in [0.25, 0.3) is 0 Å². The van der Waals surface area contributed by atoms with Crippen molar-refractivity contribution >= 4 is 11.6 Å². The first kappa shape index (κ1) is 16.1. The van der Waals surface area contributed by atoms with Crippen molar-refractivity contribution in [1.82, 2.24) is 5.32 Å². The van der Waals surface area contributed by atoms with Gasteiger partial charge in [-0.1, -0.05) is 37.6 Å². The van der Waals surface area contributed by atoms with E-state index in [1.807, 2.05) is 24.3 Å². The summed E-state index contributed by atoms with van der Waals surface area (Å²) in [5.74, 6) is 0.856. The predicted molar refractivity (Wildman–Crippen MR) is 83.1 cm³/mol. The van der Waals surface area contributed by atoms with Gasteiger partial charge in [-0.25, -0.2) is 0 Å². The number of hydrogen-bond donors (Lipinski definition) is 1. The van der Waals surface area contributed by atoms with Crippen LogP contribution in [0.5, 0.6) is 5.75 Å². The first-order valence-corrected chi connectivity index (χ1v) is 7.31. The van der Waals surface area contributed by atoms with E-state index in [1.165, 1.54) is 5.57 Å². The Balaban J connectivity index is 2.46. The quantitative estimate of drug-likeness (QED) is 0.676. The second-order valence-corrected chi connectivity index (χ2v) is 5.16. The largest absolute Gasteiger partial charge is 0.492 e. The van der Waals surface area contributed by atoms with Crippen molar-refractivity contribution in [2.75, 3.05) is 13.2 Å². The van der Waals surface area contributed by atoms with Crippen LogP contribution in [0.2, 0.25) is 5.02 Å². The molecule has 0 aromatic heterocycles. The average Bonchev–Trinajstić information content (AvgIpc) is 2.43. The molecule has 0 spiro atoms. The van der Waals surface area contributed by atoms with Crippen LogP contribution in [-0.2, 0) is 0 Å². The van der Waals surface area contributed by atoms with E-state index in [2.05, 4.69) is 25.7 Å². The van der Waals surface area contributed by atoms with Crippen molar-refractivity contribution in [3.05, 3.63) is 41.4 Å². The van der Waals surface area contributed by atoms with E-state index >= 15 is 0 Å². The highest BCUT2D eigenvalue weighted by Gasteiger charge is 2.10. The van der Waals surface area contributed by atoms with Gasteiger partial charge in [-0.05, 0) is 50.1 Å². The molecule has 0 amide bonds. The summed E-state index contributed by atoms with van der Waals surface area (Å²) in [5, 5.41) is 4.23. The van der Waals surface area contributed by atoms with Crippen LogP contribution in [-0.4, -0.2) is 19.2 Å². The van der Waals surface area contributed by atoms with Gasteiger partial charge in [0.2, 0.25) is 0 Å². The molecule has 0 aliphatic rings.